The third-order valence-corrected chi connectivity index (χ3v) is 2.88. The number of para-hydroxylation sites is 1. The summed E-state index contributed by atoms with van der Waals surface area (Å²) in [6.45, 7) is 5.33. The quantitative estimate of drug-likeness (QED) is 0.874. The molecule has 2 N–H and O–H groups in total. The first-order chi connectivity index (χ1) is 10.3. The molecule has 1 unspecified atom stereocenters. The minimum Gasteiger partial charge on any atom is -0.496 e. The van der Waals surface area contributed by atoms with Crippen molar-refractivity contribution < 1.29 is 18.8 Å². The molecule has 118 valence electrons. The minimum atomic E-state index is -1.02. The topological polar surface area (TPSA) is 87.6 Å². The number of nitrogens with two attached hydrogens (primary N) is 1. The van der Waals surface area contributed by atoms with Gasteiger partial charge in [0.05, 0.1) is 7.11 Å². The molecule has 0 aliphatic rings. The molecule has 0 spiro atoms. The van der Waals surface area contributed by atoms with Gasteiger partial charge >= 0.3 is 5.97 Å². The van der Waals surface area contributed by atoms with Gasteiger partial charge in [0.25, 0.3) is 0 Å². The first-order valence-corrected chi connectivity index (χ1v) is 6.90. The van der Waals surface area contributed by atoms with Gasteiger partial charge in [0.1, 0.15) is 17.0 Å². The summed E-state index contributed by atoms with van der Waals surface area (Å²) in [4.78, 5) is 12.0. The van der Waals surface area contributed by atoms with Gasteiger partial charge in [0.2, 0.25) is 0 Å². The molecule has 2 rings (SSSR count). The van der Waals surface area contributed by atoms with Crippen molar-refractivity contribution in [2.45, 2.75) is 32.4 Å². The van der Waals surface area contributed by atoms with Gasteiger partial charge in [0, 0.05) is 11.6 Å². The van der Waals surface area contributed by atoms with E-state index in [0.29, 0.717) is 11.4 Å². The molecule has 0 saturated heterocycles. The molecule has 0 amide bonds. The molecule has 0 radical (unpaired) electrons. The van der Waals surface area contributed by atoms with Gasteiger partial charge in [-0.25, -0.2) is 4.79 Å². The highest BCUT2D eigenvalue weighted by atomic mass is 16.6. The third-order valence-electron chi connectivity index (χ3n) is 2.88. The fourth-order valence-electron chi connectivity index (χ4n) is 1.90. The number of nitrogens with zero attached hydrogens (tertiary/aromatic N) is 1. The molecule has 22 heavy (non-hydrogen) atoms. The van der Waals surface area contributed by atoms with Crippen LogP contribution in [-0.4, -0.2) is 23.8 Å². The van der Waals surface area contributed by atoms with Crippen molar-refractivity contribution in [3.63, 3.8) is 0 Å². The predicted octanol–water partition coefficient (Wildman–Crippen LogP) is 2.69. The van der Waals surface area contributed by atoms with Gasteiger partial charge in [-0.15, -0.1) is 0 Å². The molecular formula is C16H20N2O4. The summed E-state index contributed by atoms with van der Waals surface area (Å²) in [5.74, 6) is 0.346. The summed E-state index contributed by atoms with van der Waals surface area (Å²) >= 11 is 0. The lowest BCUT2D eigenvalue weighted by atomic mass is 10.1. The number of ether oxygens (including phenoxy) is 2. The molecule has 2 aromatic rings. The first-order valence-electron chi connectivity index (χ1n) is 6.90. The molecule has 6 nitrogen and oxygen atoms in total. The van der Waals surface area contributed by atoms with Crippen molar-refractivity contribution in [1.29, 1.82) is 0 Å². The molecule has 0 saturated carbocycles. The first kappa shape index (κ1) is 16.0. The van der Waals surface area contributed by atoms with Gasteiger partial charge in [-0.1, -0.05) is 17.3 Å². The third kappa shape index (κ3) is 3.65. The maximum Gasteiger partial charge on any atom is 0.331 e. The molecule has 0 aliphatic carbocycles. The fraction of sp³-hybridized carbons (Fsp3) is 0.375. The molecule has 1 aromatic heterocycles. The predicted molar refractivity (Wildman–Crippen MR) is 81.3 cm³/mol. The SMILES string of the molecule is COc1ccccc1-c1cc(C(N)C(=O)OC(C)(C)C)on1. The Morgan fingerprint density at radius 3 is 2.64 bits per heavy atom. The van der Waals surface area contributed by atoms with Crippen LogP contribution in [0.15, 0.2) is 34.9 Å². The summed E-state index contributed by atoms with van der Waals surface area (Å²) in [6.07, 6.45) is 0. The van der Waals surface area contributed by atoms with Crippen LogP contribution >= 0.6 is 0 Å². The summed E-state index contributed by atoms with van der Waals surface area (Å²) in [5.41, 5.74) is 6.57. The molecule has 1 aromatic carbocycles. The van der Waals surface area contributed by atoms with Crippen LogP contribution in [0.1, 0.15) is 32.6 Å². The van der Waals surface area contributed by atoms with Gasteiger partial charge in [-0.05, 0) is 32.9 Å². The van der Waals surface area contributed by atoms with Crippen LogP contribution in [0.4, 0.5) is 0 Å². The number of carbonyl (C=O) groups excluding carboxylic acids is 1. The average molecular weight is 304 g/mol. The number of methoxy groups -OCH3 is 1. The molecule has 0 bridgehead atoms. The number of hydrogen-bond donors (Lipinski definition) is 1. The van der Waals surface area contributed by atoms with Gasteiger partial charge < -0.3 is 19.7 Å². The number of rotatable bonds is 4. The number of aromatic nitrogens is 1. The lowest BCUT2D eigenvalue weighted by Crippen LogP contribution is -2.31. The van der Waals surface area contributed by atoms with E-state index in [2.05, 4.69) is 5.16 Å². The fourth-order valence-corrected chi connectivity index (χ4v) is 1.90. The van der Waals surface area contributed by atoms with E-state index >= 15 is 0 Å². The Bertz CT molecular complexity index is 658. The van der Waals surface area contributed by atoms with E-state index in [0.717, 1.165) is 5.56 Å². The molecule has 1 atom stereocenters. The number of carbonyl (C=O) groups is 1. The Labute approximate surface area is 129 Å². The maximum absolute atomic E-state index is 12.0. The zero-order chi connectivity index (χ0) is 16.3. The Balaban J connectivity index is 2.23. The van der Waals surface area contributed by atoms with Crippen LogP contribution in [0.3, 0.4) is 0 Å². The summed E-state index contributed by atoms with van der Waals surface area (Å²) in [6, 6.07) is 7.98. The number of benzene rings is 1. The van der Waals surface area contributed by atoms with Crippen LogP contribution in [0.25, 0.3) is 11.3 Å². The van der Waals surface area contributed by atoms with Crippen molar-refractivity contribution in [3.8, 4) is 17.0 Å². The van der Waals surface area contributed by atoms with E-state index < -0.39 is 17.6 Å². The van der Waals surface area contributed by atoms with Crippen LogP contribution in [0.5, 0.6) is 5.75 Å². The smallest absolute Gasteiger partial charge is 0.331 e. The number of hydrogen-bond acceptors (Lipinski definition) is 6. The summed E-state index contributed by atoms with van der Waals surface area (Å²) in [7, 11) is 1.58. The average Bonchev–Trinajstić information content (AvgIpc) is 2.94. The molecule has 6 heteroatoms. The maximum atomic E-state index is 12.0. The van der Waals surface area contributed by atoms with Crippen LogP contribution in [0.2, 0.25) is 0 Å². The summed E-state index contributed by atoms with van der Waals surface area (Å²) in [5, 5.41) is 3.95. The van der Waals surface area contributed by atoms with Crippen molar-refractivity contribution in [2.24, 2.45) is 5.73 Å². The largest absolute Gasteiger partial charge is 0.496 e. The molecular weight excluding hydrogens is 284 g/mol. The zero-order valence-electron chi connectivity index (χ0n) is 13.1. The Morgan fingerprint density at radius 1 is 1.32 bits per heavy atom. The lowest BCUT2D eigenvalue weighted by Gasteiger charge is -2.21. The van der Waals surface area contributed by atoms with Crippen LogP contribution in [-0.2, 0) is 9.53 Å². The van der Waals surface area contributed by atoms with Crippen molar-refractivity contribution >= 4 is 5.97 Å². The zero-order valence-corrected chi connectivity index (χ0v) is 13.1. The van der Waals surface area contributed by atoms with E-state index in [9.17, 15) is 4.79 Å². The van der Waals surface area contributed by atoms with Crippen molar-refractivity contribution in [3.05, 3.63) is 36.1 Å². The van der Waals surface area contributed by atoms with Gasteiger partial charge in [-0.3, -0.25) is 0 Å². The molecule has 0 fully saturated rings. The minimum absolute atomic E-state index is 0.246. The monoisotopic (exact) mass is 304 g/mol. The van der Waals surface area contributed by atoms with E-state index in [1.807, 2.05) is 24.3 Å². The van der Waals surface area contributed by atoms with Crippen molar-refractivity contribution in [2.75, 3.05) is 7.11 Å². The molecule has 1 heterocycles. The highest BCUT2D eigenvalue weighted by molar-refractivity contribution is 5.77. The second-order valence-corrected chi connectivity index (χ2v) is 5.83. The Kier molecular flexibility index (Phi) is 4.51. The number of esters is 1. The highest BCUT2D eigenvalue weighted by Gasteiger charge is 2.27. The second-order valence-electron chi connectivity index (χ2n) is 5.83. The van der Waals surface area contributed by atoms with Gasteiger partial charge in [0.15, 0.2) is 11.8 Å². The standard InChI is InChI=1S/C16H20N2O4/c1-16(2,3)21-15(19)14(17)13-9-11(18-22-13)10-7-5-6-8-12(10)20-4/h5-9,14H,17H2,1-4H3. The lowest BCUT2D eigenvalue weighted by molar-refractivity contribution is -0.157. The van der Waals surface area contributed by atoms with E-state index in [1.54, 1.807) is 33.9 Å². The Hall–Kier alpha value is -2.34. The normalized spacial score (nSPS) is 12.8. The van der Waals surface area contributed by atoms with Crippen molar-refractivity contribution in [1.82, 2.24) is 5.16 Å². The van der Waals surface area contributed by atoms with E-state index in [4.69, 9.17) is 19.7 Å². The molecule has 0 aliphatic heterocycles. The summed E-state index contributed by atoms with van der Waals surface area (Å²) < 4.78 is 15.7. The Morgan fingerprint density at radius 2 is 2.00 bits per heavy atom. The highest BCUT2D eigenvalue weighted by Crippen LogP contribution is 2.30. The van der Waals surface area contributed by atoms with E-state index in [1.165, 1.54) is 0 Å². The van der Waals surface area contributed by atoms with Gasteiger partial charge in [-0.2, -0.15) is 0 Å². The second kappa shape index (κ2) is 6.19. The van der Waals surface area contributed by atoms with E-state index in [-0.39, 0.29) is 5.76 Å². The van der Waals surface area contributed by atoms with Crippen LogP contribution in [0, 0.1) is 0 Å². The van der Waals surface area contributed by atoms with Crippen LogP contribution < -0.4 is 10.5 Å².